The number of rotatable bonds is 7. The molecule has 0 bridgehead atoms. The van der Waals surface area contributed by atoms with Crippen LogP contribution in [-0.4, -0.2) is 37.7 Å². The van der Waals surface area contributed by atoms with Crippen LogP contribution in [0.1, 0.15) is 45.3 Å². The lowest BCUT2D eigenvalue weighted by Crippen LogP contribution is -2.45. The van der Waals surface area contributed by atoms with Crippen LogP contribution in [0.25, 0.3) is 11.0 Å². The molecular formula is C22H31N3O3. The number of carbonyl (C=O) groups is 1. The molecule has 3 rings (SSSR count). The Bertz CT molecular complexity index is 758. The molecule has 0 spiro atoms. The molecule has 2 aromatic rings. The number of nitrogens with one attached hydrogen (secondary N) is 2. The molecular weight excluding hydrogens is 354 g/mol. The standard InChI is InChI=1S/C22H31N3O3/c1-3-23-22(25-18-11-9-16(10-12-18)21(26)27-4-2)24-14-13-19-15-17-7-5-6-8-20(17)28-19/h5-8,15-16,18H,3-4,9-14H2,1-2H3,(H2,23,24,25). The van der Waals surface area contributed by atoms with Gasteiger partial charge in [-0.25, -0.2) is 0 Å². The number of aliphatic imine (C=N–C) groups is 1. The summed E-state index contributed by atoms with van der Waals surface area (Å²) in [6.45, 7) is 5.85. The first-order valence-corrected chi connectivity index (χ1v) is 10.4. The summed E-state index contributed by atoms with van der Waals surface area (Å²) in [5, 5.41) is 7.96. The Hall–Kier alpha value is -2.50. The van der Waals surface area contributed by atoms with Crippen molar-refractivity contribution in [1.29, 1.82) is 0 Å². The smallest absolute Gasteiger partial charge is 0.308 e. The van der Waals surface area contributed by atoms with Gasteiger partial charge in [0.25, 0.3) is 0 Å². The summed E-state index contributed by atoms with van der Waals surface area (Å²) < 4.78 is 11.0. The van der Waals surface area contributed by atoms with Crippen LogP contribution in [-0.2, 0) is 16.0 Å². The van der Waals surface area contributed by atoms with Crippen LogP contribution in [0.15, 0.2) is 39.7 Å². The average Bonchev–Trinajstić information content (AvgIpc) is 3.11. The third-order valence-electron chi connectivity index (χ3n) is 5.14. The molecule has 1 aromatic carbocycles. The second kappa shape index (κ2) is 10.2. The predicted octanol–water partition coefficient (Wildman–Crippen LogP) is 3.65. The summed E-state index contributed by atoms with van der Waals surface area (Å²) in [6.07, 6.45) is 4.42. The van der Waals surface area contributed by atoms with Gasteiger partial charge in [-0.1, -0.05) is 18.2 Å². The number of guanidine groups is 1. The van der Waals surface area contributed by atoms with Crippen LogP contribution in [0.4, 0.5) is 0 Å². The molecule has 6 nitrogen and oxygen atoms in total. The number of benzene rings is 1. The molecule has 1 aliphatic carbocycles. The second-order valence-corrected chi connectivity index (χ2v) is 7.21. The molecule has 0 atom stereocenters. The molecule has 28 heavy (non-hydrogen) atoms. The predicted molar refractivity (Wildman–Crippen MR) is 111 cm³/mol. The number of esters is 1. The summed E-state index contributed by atoms with van der Waals surface area (Å²) in [4.78, 5) is 16.6. The Morgan fingerprint density at radius 3 is 2.71 bits per heavy atom. The minimum atomic E-state index is -0.0487. The van der Waals surface area contributed by atoms with Gasteiger partial charge >= 0.3 is 5.97 Å². The van der Waals surface area contributed by atoms with E-state index in [2.05, 4.69) is 29.7 Å². The van der Waals surface area contributed by atoms with Gasteiger partial charge in [0, 0.05) is 30.9 Å². The first-order valence-electron chi connectivity index (χ1n) is 10.4. The second-order valence-electron chi connectivity index (χ2n) is 7.21. The van der Waals surface area contributed by atoms with E-state index >= 15 is 0 Å². The lowest BCUT2D eigenvalue weighted by atomic mass is 9.86. The number of hydrogen-bond acceptors (Lipinski definition) is 4. The van der Waals surface area contributed by atoms with Crippen molar-refractivity contribution >= 4 is 22.9 Å². The van der Waals surface area contributed by atoms with E-state index in [0.717, 1.165) is 61.3 Å². The van der Waals surface area contributed by atoms with Crippen LogP contribution < -0.4 is 10.6 Å². The van der Waals surface area contributed by atoms with Crippen LogP contribution in [0.3, 0.4) is 0 Å². The largest absolute Gasteiger partial charge is 0.466 e. The highest BCUT2D eigenvalue weighted by atomic mass is 16.5. The molecule has 0 aliphatic heterocycles. The molecule has 1 aliphatic rings. The van der Waals surface area contributed by atoms with Crippen LogP contribution in [0, 0.1) is 5.92 Å². The van der Waals surface area contributed by atoms with Crippen molar-refractivity contribution in [2.75, 3.05) is 19.7 Å². The molecule has 0 saturated heterocycles. The molecule has 0 radical (unpaired) electrons. The van der Waals surface area contributed by atoms with E-state index < -0.39 is 0 Å². The summed E-state index contributed by atoms with van der Waals surface area (Å²) >= 11 is 0. The van der Waals surface area contributed by atoms with Crippen LogP contribution in [0.2, 0.25) is 0 Å². The summed E-state index contributed by atoms with van der Waals surface area (Å²) in [5.41, 5.74) is 0.921. The number of carbonyl (C=O) groups excluding carboxylic acids is 1. The van der Waals surface area contributed by atoms with Gasteiger partial charge < -0.3 is 19.8 Å². The Balaban J connectivity index is 1.49. The molecule has 1 fully saturated rings. The van der Waals surface area contributed by atoms with Crippen molar-refractivity contribution in [2.24, 2.45) is 10.9 Å². The molecule has 1 saturated carbocycles. The number of para-hydroxylation sites is 1. The molecule has 152 valence electrons. The quantitative estimate of drug-likeness (QED) is 0.432. The van der Waals surface area contributed by atoms with E-state index in [1.54, 1.807) is 0 Å². The van der Waals surface area contributed by atoms with Gasteiger partial charge in [-0.15, -0.1) is 0 Å². The monoisotopic (exact) mass is 385 g/mol. The van der Waals surface area contributed by atoms with Gasteiger partial charge in [-0.2, -0.15) is 0 Å². The lowest BCUT2D eigenvalue weighted by Gasteiger charge is -2.29. The summed E-state index contributed by atoms with van der Waals surface area (Å²) in [5.74, 6) is 1.78. The zero-order valence-electron chi connectivity index (χ0n) is 16.9. The number of ether oxygens (including phenoxy) is 1. The van der Waals surface area contributed by atoms with Gasteiger partial charge in [0.2, 0.25) is 0 Å². The van der Waals surface area contributed by atoms with Gasteiger partial charge in [-0.05, 0) is 51.7 Å². The average molecular weight is 386 g/mol. The highest BCUT2D eigenvalue weighted by Crippen LogP contribution is 2.25. The van der Waals surface area contributed by atoms with Gasteiger partial charge in [0.05, 0.1) is 12.5 Å². The Kier molecular flexibility index (Phi) is 7.34. The maximum atomic E-state index is 11.9. The molecule has 1 heterocycles. The normalized spacial score (nSPS) is 20.1. The van der Waals surface area contributed by atoms with Crippen LogP contribution in [0.5, 0.6) is 0 Å². The van der Waals surface area contributed by atoms with E-state index in [9.17, 15) is 4.79 Å². The maximum Gasteiger partial charge on any atom is 0.308 e. The minimum absolute atomic E-state index is 0.0469. The van der Waals surface area contributed by atoms with Gasteiger partial charge in [0.1, 0.15) is 11.3 Å². The summed E-state index contributed by atoms with van der Waals surface area (Å²) in [6, 6.07) is 10.5. The zero-order chi connectivity index (χ0) is 19.8. The lowest BCUT2D eigenvalue weighted by molar-refractivity contribution is -0.149. The number of fused-ring (bicyclic) bond motifs is 1. The Labute approximate surface area is 166 Å². The van der Waals surface area contributed by atoms with Gasteiger partial charge in [-0.3, -0.25) is 9.79 Å². The zero-order valence-corrected chi connectivity index (χ0v) is 16.9. The first-order chi connectivity index (χ1) is 13.7. The van der Waals surface area contributed by atoms with Gasteiger partial charge in [0.15, 0.2) is 5.96 Å². The molecule has 0 unspecified atom stereocenters. The molecule has 6 heteroatoms. The van der Waals surface area contributed by atoms with Crippen molar-refractivity contribution in [2.45, 2.75) is 52.0 Å². The highest BCUT2D eigenvalue weighted by Gasteiger charge is 2.27. The molecule has 0 amide bonds. The third kappa shape index (κ3) is 5.50. The van der Waals surface area contributed by atoms with E-state index in [-0.39, 0.29) is 11.9 Å². The maximum absolute atomic E-state index is 11.9. The van der Waals surface area contributed by atoms with E-state index in [0.29, 0.717) is 19.2 Å². The fraction of sp³-hybridized carbons (Fsp3) is 0.545. The Morgan fingerprint density at radius 1 is 1.21 bits per heavy atom. The van der Waals surface area contributed by atoms with Crippen molar-refractivity contribution in [3.05, 3.63) is 36.1 Å². The fourth-order valence-electron chi connectivity index (χ4n) is 3.68. The van der Waals surface area contributed by atoms with E-state index in [1.165, 1.54) is 0 Å². The Morgan fingerprint density at radius 2 is 2.00 bits per heavy atom. The highest BCUT2D eigenvalue weighted by molar-refractivity contribution is 5.80. The first kappa shape index (κ1) is 20.2. The molecule has 1 aromatic heterocycles. The van der Waals surface area contributed by atoms with E-state index in [4.69, 9.17) is 14.1 Å². The topological polar surface area (TPSA) is 75.9 Å². The molecule has 2 N–H and O–H groups in total. The van der Waals surface area contributed by atoms with E-state index in [1.807, 2.05) is 25.1 Å². The van der Waals surface area contributed by atoms with Crippen molar-refractivity contribution in [3.63, 3.8) is 0 Å². The van der Waals surface area contributed by atoms with Crippen molar-refractivity contribution < 1.29 is 13.9 Å². The fourth-order valence-corrected chi connectivity index (χ4v) is 3.68. The van der Waals surface area contributed by atoms with Crippen molar-refractivity contribution in [1.82, 2.24) is 10.6 Å². The SMILES string of the molecule is CCNC(=NCCc1cc2ccccc2o1)NC1CCC(C(=O)OCC)CC1. The number of hydrogen-bond donors (Lipinski definition) is 2. The summed E-state index contributed by atoms with van der Waals surface area (Å²) in [7, 11) is 0. The van der Waals surface area contributed by atoms with Crippen LogP contribution >= 0.6 is 0 Å². The number of furan rings is 1. The number of nitrogens with zero attached hydrogens (tertiary/aromatic N) is 1. The third-order valence-corrected chi connectivity index (χ3v) is 5.14. The van der Waals surface area contributed by atoms with Crippen molar-refractivity contribution in [3.8, 4) is 0 Å². The minimum Gasteiger partial charge on any atom is -0.466 e.